The van der Waals surface area contributed by atoms with Gasteiger partial charge < -0.3 is 10.1 Å². The molecule has 1 rings (SSSR count). The van der Waals surface area contributed by atoms with Crippen LogP contribution in [0.2, 0.25) is 0 Å². The van der Waals surface area contributed by atoms with E-state index in [4.69, 9.17) is 4.74 Å². The first kappa shape index (κ1) is 14.3. The monoisotopic (exact) mass is 243 g/mol. The molecule has 1 heterocycles. The van der Waals surface area contributed by atoms with Crippen LogP contribution in [0.5, 0.6) is 0 Å². The van der Waals surface area contributed by atoms with Crippen LogP contribution in [0.25, 0.3) is 0 Å². The number of hydrogen-bond acceptors (Lipinski definition) is 4. The lowest BCUT2D eigenvalue weighted by molar-refractivity contribution is 0.0461. The van der Waals surface area contributed by atoms with Crippen LogP contribution >= 0.6 is 0 Å². The van der Waals surface area contributed by atoms with Gasteiger partial charge in [-0.1, -0.05) is 6.92 Å². The highest BCUT2D eigenvalue weighted by Gasteiger charge is 2.23. The summed E-state index contributed by atoms with van der Waals surface area (Å²) in [6.07, 6.45) is 0.776. The van der Waals surface area contributed by atoms with Crippen LogP contribution in [0.1, 0.15) is 34.1 Å². The van der Waals surface area contributed by atoms with Crippen LogP contribution in [-0.4, -0.2) is 48.9 Å². The van der Waals surface area contributed by atoms with Crippen LogP contribution in [0, 0.1) is 0 Å². The Hall–Kier alpha value is -0.810. The molecule has 17 heavy (non-hydrogen) atoms. The van der Waals surface area contributed by atoms with Crippen molar-refractivity contribution < 1.29 is 9.53 Å². The average molecular weight is 243 g/mol. The topological polar surface area (TPSA) is 53.6 Å². The van der Waals surface area contributed by atoms with Crippen LogP contribution in [0.15, 0.2) is 0 Å². The Morgan fingerprint density at radius 2 is 2.24 bits per heavy atom. The van der Waals surface area contributed by atoms with Crippen molar-refractivity contribution in [2.45, 2.75) is 45.9 Å². The minimum atomic E-state index is -0.443. The van der Waals surface area contributed by atoms with Crippen molar-refractivity contribution >= 4 is 6.09 Å². The Morgan fingerprint density at radius 3 is 2.82 bits per heavy atom. The summed E-state index contributed by atoms with van der Waals surface area (Å²) in [6.45, 7) is 11.6. The van der Waals surface area contributed by atoms with Gasteiger partial charge in [0, 0.05) is 19.6 Å². The molecule has 100 valence electrons. The van der Waals surface area contributed by atoms with Crippen molar-refractivity contribution in [3.05, 3.63) is 0 Å². The lowest BCUT2D eigenvalue weighted by Gasteiger charge is -2.34. The number of ether oxygens (including phenoxy) is 1. The minimum Gasteiger partial charge on any atom is -0.444 e. The van der Waals surface area contributed by atoms with Gasteiger partial charge in [0.1, 0.15) is 5.60 Å². The van der Waals surface area contributed by atoms with Gasteiger partial charge in [-0.05, 0) is 33.7 Å². The third-order valence-corrected chi connectivity index (χ3v) is 2.49. The zero-order valence-electron chi connectivity index (χ0n) is 11.4. The smallest absolute Gasteiger partial charge is 0.408 e. The highest BCUT2D eigenvalue weighted by molar-refractivity contribution is 5.68. The molecule has 1 aliphatic rings. The summed E-state index contributed by atoms with van der Waals surface area (Å²) in [7, 11) is 0. The lowest BCUT2D eigenvalue weighted by Crippen LogP contribution is -2.58. The van der Waals surface area contributed by atoms with Crippen LogP contribution < -0.4 is 10.6 Å². The fourth-order valence-corrected chi connectivity index (χ4v) is 1.88. The van der Waals surface area contributed by atoms with Gasteiger partial charge in [0.2, 0.25) is 0 Å². The van der Waals surface area contributed by atoms with Crippen LogP contribution in [0.3, 0.4) is 0 Å². The largest absolute Gasteiger partial charge is 0.444 e. The van der Waals surface area contributed by atoms with Crippen molar-refractivity contribution in [1.29, 1.82) is 0 Å². The predicted molar refractivity (Wildman–Crippen MR) is 67.9 cm³/mol. The molecule has 1 saturated heterocycles. The van der Waals surface area contributed by atoms with E-state index in [1.54, 1.807) is 0 Å². The van der Waals surface area contributed by atoms with Gasteiger partial charge in [-0.15, -0.1) is 0 Å². The number of amides is 1. The maximum absolute atomic E-state index is 11.6. The molecular weight excluding hydrogens is 218 g/mol. The van der Waals surface area contributed by atoms with Crippen LogP contribution in [-0.2, 0) is 4.74 Å². The normalized spacial score (nSPS) is 22.2. The summed E-state index contributed by atoms with van der Waals surface area (Å²) in [5, 5.41) is 6.12. The SMILES string of the molecule is CCCN1CCNC(NC(=O)OC(C)(C)C)C1. The number of rotatable bonds is 3. The Kier molecular flexibility index (Phi) is 5.21. The Bertz CT molecular complexity index is 249. The maximum atomic E-state index is 11.6. The molecule has 0 radical (unpaired) electrons. The fourth-order valence-electron chi connectivity index (χ4n) is 1.88. The molecule has 0 bridgehead atoms. The van der Waals surface area contributed by atoms with Gasteiger partial charge in [0.25, 0.3) is 0 Å². The van der Waals surface area contributed by atoms with E-state index in [0.29, 0.717) is 0 Å². The number of carbonyl (C=O) groups is 1. The summed E-state index contributed by atoms with van der Waals surface area (Å²) in [4.78, 5) is 13.9. The van der Waals surface area contributed by atoms with Crippen molar-refractivity contribution in [3.63, 3.8) is 0 Å². The first-order valence-corrected chi connectivity index (χ1v) is 6.36. The number of hydrogen-bond donors (Lipinski definition) is 2. The lowest BCUT2D eigenvalue weighted by atomic mass is 10.2. The summed E-state index contributed by atoms with van der Waals surface area (Å²) in [5.74, 6) is 0. The van der Waals surface area contributed by atoms with Crippen molar-refractivity contribution in [2.24, 2.45) is 0 Å². The zero-order chi connectivity index (χ0) is 12.9. The van der Waals surface area contributed by atoms with E-state index in [1.165, 1.54) is 0 Å². The van der Waals surface area contributed by atoms with E-state index < -0.39 is 5.60 Å². The molecule has 0 aromatic heterocycles. The summed E-state index contributed by atoms with van der Waals surface area (Å²) < 4.78 is 5.23. The third kappa shape index (κ3) is 5.89. The molecule has 0 aromatic rings. The van der Waals surface area contributed by atoms with E-state index in [0.717, 1.165) is 32.6 Å². The first-order chi connectivity index (χ1) is 7.90. The number of alkyl carbamates (subject to hydrolysis) is 1. The van der Waals surface area contributed by atoms with Gasteiger partial charge in [-0.2, -0.15) is 0 Å². The molecule has 1 amide bonds. The molecule has 0 spiro atoms. The molecule has 0 aromatic carbocycles. The second-order valence-electron chi connectivity index (χ2n) is 5.45. The number of nitrogens with zero attached hydrogens (tertiary/aromatic N) is 1. The summed E-state index contributed by atoms with van der Waals surface area (Å²) in [6, 6.07) is 0. The van der Waals surface area contributed by atoms with Gasteiger partial charge >= 0.3 is 6.09 Å². The highest BCUT2D eigenvalue weighted by Crippen LogP contribution is 2.07. The van der Waals surface area contributed by atoms with Gasteiger partial charge in [-0.25, -0.2) is 4.79 Å². The molecule has 2 N–H and O–H groups in total. The molecule has 1 aliphatic heterocycles. The molecule has 5 nitrogen and oxygen atoms in total. The molecule has 1 unspecified atom stereocenters. The molecule has 5 heteroatoms. The third-order valence-electron chi connectivity index (χ3n) is 2.49. The number of nitrogens with one attached hydrogen (secondary N) is 2. The second kappa shape index (κ2) is 6.21. The van der Waals surface area contributed by atoms with E-state index >= 15 is 0 Å². The number of carbonyl (C=O) groups excluding carboxylic acids is 1. The summed E-state index contributed by atoms with van der Waals surface area (Å²) >= 11 is 0. The molecule has 1 atom stereocenters. The average Bonchev–Trinajstić information content (AvgIpc) is 2.15. The Morgan fingerprint density at radius 1 is 1.53 bits per heavy atom. The maximum Gasteiger partial charge on any atom is 0.408 e. The van der Waals surface area contributed by atoms with E-state index in [2.05, 4.69) is 22.5 Å². The van der Waals surface area contributed by atoms with E-state index in [-0.39, 0.29) is 12.3 Å². The van der Waals surface area contributed by atoms with Crippen LogP contribution in [0.4, 0.5) is 4.79 Å². The number of piperazine rings is 1. The zero-order valence-corrected chi connectivity index (χ0v) is 11.4. The highest BCUT2D eigenvalue weighted by atomic mass is 16.6. The first-order valence-electron chi connectivity index (χ1n) is 6.36. The summed E-state index contributed by atoms with van der Waals surface area (Å²) in [5.41, 5.74) is -0.443. The molecule has 0 aliphatic carbocycles. The van der Waals surface area contributed by atoms with Gasteiger partial charge in [-0.3, -0.25) is 10.2 Å². The van der Waals surface area contributed by atoms with Gasteiger partial charge in [0.05, 0.1) is 6.17 Å². The Balaban J connectivity index is 2.33. The molecule has 1 fully saturated rings. The molecular formula is C12H25N3O2. The van der Waals surface area contributed by atoms with Crippen molar-refractivity contribution in [1.82, 2.24) is 15.5 Å². The second-order valence-corrected chi connectivity index (χ2v) is 5.45. The fraction of sp³-hybridized carbons (Fsp3) is 0.917. The van der Waals surface area contributed by atoms with Gasteiger partial charge in [0.15, 0.2) is 0 Å². The van der Waals surface area contributed by atoms with Crippen molar-refractivity contribution in [2.75, 3.05) is 26.2 Å². The quantitative estimate of drug-likeness (QED) is 0.781. The molecule has 0 saturated carbocycles. The van der Waals surface area contributed by atoms with E-state index in [9.17, 15) is 4.79 Å². The predicted octanol–water partition coefficient (Wildman–Crippen LogP) is 1.15. The van der Waals surface area contributed by atoms with E-state index in [1.807, 2.05) is 20.8 Å². The van der Waals surface area contributed by atoms with Crippen molar-refractivity contribution in [3.8, 4) is 0 Å². The standard InChI is InChI=1S/C12H25N3O2/c1-5-7-15-8-6-13-10(9-15)14-11(16)17-12(2,3)4/h10,13H,5-9H2,1-4H3,(H,14,16). The minimum absolute atomic E-state index is 0.00912. The Labute approximate surface area is 104 Å².